The van der Waals surface area contributed by atoms with E-state index in [-0.39, 0.29) is 11.9 Å². The summed E-state index contributed by atoms with van der Waals surface area (Å²) in [4.78, 5) is 36.5. The first-order valence-electron chi connectivity index (χ1n) is 9.38. The van der Waals surface area contributed by atoms with Gasteiger partial charge < -0.3 is 16.0 Å². The zero-order valence-electron chi connectivity index (χ0n) is 16.2. The molecular formula is C20H31N3O3. The highest BCUT2D eigenvalue weighted by Crippen LogP contribution is 2.15. The number of carbonyl (C=O) groups is 3. The predicted octanol–water partition coefficient (Wildman–Crippen LogP) is 3.10. The molecule has 0 bridgehead atoms. The monoisotopic (exact) mass is 361 g/mol. The Morgan fingerprint density at radius 3 is 2.35 bits per heavy atom. The number of amides is 3. The van der Waals surface area contributed by atoms with Gasteiger partial charge in [0.05, 0.1) is 11.3 Å². The van der Waals surface area contributed by atoms with Crippen molar-refractivity contribution in [2.75, 3.05) is 11.9 Å². The van der Waals surface area contributed by atoms with E-state index in [0.29, 0.717) is 23.7 Å². The number of anilines is 1. The van der Waals surface area contributed by atoms with Crippen molar-refractivity contribution in [1.82, 2.24) is 10.6 Å². The van der Waals surface area contributed by atoms with Crippen LogP contribution in [0, 0.1) is 5.92 Å². The number of hydrogen-bond acceptors (Lipinski definition) is 3. The molecule has 0 aliphatic carbocycles. The number of benzene rings is 1. The Morgan fingerprint density at radius 2 is 1.73 bits per heavy atom. The molecule has 0 aromatic heterocycles. The zero-order chi connectivity index (χ0) is 19.5. The number of nitrogens with one attached hydrogen (secondary N) is 3. The normalized spacial score (nSPS) is 11.7. The van der Waals surface area contributed by atoms with Gasteiger partial charge in [0.15, 0.2) is 0 Å². The molecular weight excluding hydrogens is 330 g/mol. The van der Waals surface area contributed by atoms with E-state index < -0.39 is 11.8 Å². The number of hydrogen-bond donors (Lipinski definition) is 3. The Balaban J connectivity index is 2.67. The van der Waals surface area contributed by atoms with Crippen LogP contribution < -0.4 is 16.0 Å². The minimum atomic E-state index is -0.764. The summed E-state index contributed by atoms with van der Waals surface area (Å²) in [6.07, 6.45) is 4.21. The summed E-state index contributed by atoms with van der Waals surface area (Å²) in [6, 6.07) is 6.62. The average Bonchev–Trinajstić information content (AvgIpc) is 2.61. The molecule has 0 radical (unpaired) electrons. The van der Waals surface area contributed by atoms with E-state index in [1.54, 1.807) is 24.3 Å². The van der Waals surface area contributed by atoms with Gasteiger partial charge in [0.25, 0.3) is 5.91 Å². The van der Waals surface area contributed by atoms with Crippen LogP contribution in [0.25, 0.3) is 0 Å². The summed E-state index contributed by atoms with van der Waals surface area (Å²) in [5, 5.41) is 8.01. The van der Waals surface area contributed by atoms with Gasteiger partial charge in [0.1, 0.15) is 0 Å². The van der Waals surface area contributed by atoms with E-state index in [1.807, 2.05) is 13.8 Å². The molecule has 3 N–H and O–H groups in total. The minimum absolute atomic E-state index is 0.0244. The van der Waals surface area contributed by atoms with Crippen LogP contribution in [0.2, 0.25) is 0 Å². The van der Waals surface area contributed by atoms with E-state index in [2.05, 4.69) is 29.8 Å². The zero-order valence-corrected chi connectivity index (χ0v) is 16.2. The first-order valence-corrected chi connectivity index (χ1v) is 9.38. The summed E-state index contributed by atoms with van der Waals surface area (Å²) < 4.78 is 0. The van der Waals surface area contributed by atoms with Crippen molar-refractivity contribution < 1.29 is 14.4 Å². The van der Waals surface area contributed by atoms with E-state index >= 15 is 0 Å². The van der Waals surface area contributed by atoms with Gasteiger partial charge in [-0.05, 0) is 38.3 Å². The molecule has 1 aromatic rings. The molecule has 0 aliphatic heterocycles. The van der Waals surface area contributed by atoms with Gasteiger partial charge in [0, 0.05) is 12.6 Å². The molecule has 144 valence electrons. The van der Waals surface area contributed by atoms with Gasteiger partial charge in [-0.25, -0.2) is 0 Å². The summed E-state index contributed by atoms with van der Waals surface area (Å²) in [5.41, 5.74) is 0.653. The smallest absolute Gasteiger partial charge is 0.313 e. The van der Waals surface area contributed by atoms with E-state index in [9.17, 15) is 14.4 Å². The van der Waals surface area contributed by atoms with Crippen molar-refractivity contribution in [2.24, 2.45) is 5.92 Å². The van der Waals surface area contributed by atoms with Crippen LogP contribution in [-0.4, -0.2) is 30.3 Å². The second-order valence-corrected chi connectivity index (χ2v) is 6.75. The molecule has 6 nitrogen and oxygen atoms in total. The van der Waals surface area contributed by atoms with Crippen molar-refractivity contribution in [2.45, 2.75) is 59.4 Å². The van der Waals surface area contributed by atoms with Gasteiger partial charge >= 0.3 is 11.8 Å². The Kier molecular flexibility index (Phi) is 9.41. The third kappa shape index (κ3) is 7.25. The highest BCUT2D eigenvalue weighted by molar-refractivity contribution is 6.40. The summed E-state index contributed by atoms with van der Waals surface area (Å²) in [6.45, 7) is 8.41. The maximum Gasteiger partial charge on any atom is 0.313 e. The predicted molar refractivity (Wildman–Crippen MR) is 104 cm³/mol. The quantitative estimate of drug-likeness (QED) is 0.591. The topological polar surface area (TPSA) is 87.3 Å². The average molecular weight is 361 g/mol. The SMILES string of the molecule is CCCC[C@@H](CC)CNC(=O)C(=O)Nc1ccccc1C(=O)NC(C)C. The van der Waals surface area contributed by atoms with Crippen LogP contribution in [-0.2, 0) is 9.59 Å². The van der Waals surface area contributed by atoms with Crippen molar-refractivity contribution in [3.05, 3.63) is 29.8 Å². The molecule has 1 rings (SSSR count). The van der Waals surface area contributed by atoms with Gasteiger partial charge in [0.2, 0.25) is 0 Å². The third-order valence-corrected chi connectivity index (χ3v) is 4.14. The summed E-state index contributed by atoms with van der Waals surface area (Å²) in [7, 11) is 0. The molecule has 6 heteroatoms. The largest absolute Gasteiger partial charge is 0.350 e. The van der Waals surface area contributed by atoms with Crippen molar-refractivity contribution in [3.63, 3.8) is 0 Å². The number of para-hydroxylation sites is 1. The lowest BCUT2D eigenvalue weighted by Gasteiger charge is -2.16. The maximum atomic E-state index is 12.2. The van der Waals surface area contributed by atoms with E-state index in [0.717, 1.165) is 25.7 Å². The van der Waals surface area contributed by atoms with Crippen molar-refractivity contribution in [3.8, 4) is 0 Å². The summed E-state index contributed by atoms with van der Waals surface area (Å²) in [5.74, 6) is -1.36. The Bertz CT molecular complexity index is 614. The molecule has 0 saturated carbocycles. The molecule has 0 heterocycles. The van der Waals surface area contributed by atoms with E-state index in [1.165, 1.54) is 0 Å². The Hall–Kier alpha value is -2.37. The van der Waals surface area contributed by atoms with Crippen LogP contribution in [0.3, 0.4) is 0 Å². The molecule has 3 amide bonds. The van der Waals surface area contributed by atoms with Crippen molar-refractivity contribution in [1.29, 1.82) is 0 Å². The van der Waals surface area contributed by atoms with Crippen LogP contribution in [0.5, 0.6) is 0 Å². The fourth-order valence-electron chi connectivity index (χ4n) is 2.57. The highest BCUT2D eigenvalue weighted by atomic mass is 16.2. The first-order chi connectivity index (χ1) is 12.4. The van der Waals surface area contributed by atoms with Gasteiger partial charge in [-0.3, -0.25) is 14.4 Å². The van der Waals surface area contributed by atoms with Gasteiger partial charge in [-0.2, -0.15) is 0 Å². The molecule has 0 unspecified atom stereocenters. The number of carbonyl (C=O) groups excluding carboxylic acids is 3. The lowest BCUT2D eigenvalue weighted by Crippen LogP contribution is -2.38. The second kappa shape index (κ2) is 11.3. The summed E-state index contributed by atoms with van der Waals surface area (Å²) >= 11 is 0. The van der Waals surface area contributed by atoms with Gasteiger partial charge in [-0.1, -0.05) is 45.2 Å². The Morgan fingerprint density at radius 1 is 1.04 bits per heavy atom. The molecule has 0 saturated heterocycles. The lowest BCUT2D eigenvalue weighted by molar-refractivity contribution is -0.136. The van der Waals surface area contributed by atoms with E-state index in [4.69, 9.17) is 0 Å². The number of rotatable bonds is 9. The van der Waals surface area contributed by atoms with Crippen LogP contribution >= 0.6 is 0 Å². The van der Waals surface area contributed by atoms with Crippen LogP contribution in [0.15, 0.2) is 24.3 Å². The Labute approximate surface area is 156 Å². The third-order valence-electron chi connectivity index (χ3n) is 4.14. The second-order valence-electron chi connectivity index (χ2n) is 6.75. The van der Waals surface area contributed by atoms with Crippen LogP contribution in [0.4, 0.5) is 5.69 Å². The van der Waals surface area contributed by atoms with Gasteiger partial charge in [-0.15, -0.1) is 0 Å². The minimum Gasteiger partial charge on any atom is -0.350 e. The molecule has 0 aliphatic rings. The maximum absolute atomic E-state index is 12.2. The first kappa shape index (κ1) is 21.7. The number of unbranched alkanes of at least 4 members (excludes halogenated alkanes) is 1. The molecule has 26 heavy (non-hydrogen) atoms. The molecule has 0 spiro atoms. The highest BCUT2D eigenvalue weighted by Gasteiger charge is 2.19. The standard InChI is InChI=1S/C20H31N3O3/c1-5-7-10-15(6-2)13-21-19(25)20(26)23-17-12-9-8-11-16(17)18(24)22-14(3)4/h8-9,11-12,14-15H,5-7,10,13H2,1-4H3,(H,21,25)(H,22,24)(H,23,26)/t15-/m1/s1. The van der Waals surface area contributed by atoms with Crippen LogP contribution in [0.1, 0.15) is 63.7 Å². The fourth-order valence-corrected chi connectivity index (χ4v) is 2.57. The lowest BCUT2D eigenvalue weighted by atomic mass is 9.99. The molecule has 1 aromatic carbocycles. The molecule has 1 atom stereocenters. The van der Waals surface area contributed by atoms with Crippen molar-refractivity contribution >= 4 is 23.4 Å². The fraction of sp³-hybridized carbons (Fsp3) is 0.550. The molecule has 0 fully saturated rings.